The second-order valence-corrected chi connectivity index (χ2v) is 3.23. The Labute approximate surface area is 80.2 Å². The minimum absolute atomic E-state index is 0.424. The van der Waals surface area contributed by atoms with Crippen LogP contribution in [0.3, 0.4) is 0 Å². The molecule has 0 saturated carbocycles. The van der Waals surface area contributed by atoms with Gasteiger partial charge in [0.05, 0.1) is 13.2 Å². The summed E-state index contributed by atoms with van der Waals surface area (Å²) in [5.41, 5.74) is 0. The molecule has 1 fully saturated rings. The molecule has 0 aromatic heterocycles. The third kappa shape index (κ3) is 2.98. The highest BCUT2D eigenvalue weighted by Crippen LogP contribution is 2.27. The number of ether oxygens (including phenoxy) is 2. The lowest BCUT2D eigenvalue weighted by Gasteiger charge is -2.35. The summed E-state index contributed by atoms with van der Waals surface area (Å²) in [6.45, 7) is 7.32. The SMILES string of the molecule is C=CCC1(CC=CC)OCCCO1. The van der Waals surface area contributed by atoms with Crippen LogP contribution in [0.5, 0.6) is 0 Å². The van der Waals surface area contributed by atoms with E-state index < -0.39 is 5.79 Å². The van der Waals surface area contributed by atoms with Crippen LogP contribution in [0.4, 0.5) is 0 Å². The van der Waals surface area contributed by atoms with Crippen LogP contribution in [-0.4, -0.2) is 19.0 Å². The Morgan fingerprint density at radius 1 is 1.31 bits per heavy atom. The summed E-state index contributed by atoms with van der Waals surface area (Å²) in [7, 11) is 0. The van der Waals surface area contributed by atoms with Gasteiger partial charge in [0.25, 0.3) is 0 Å². The highest BCUT2D eigenvalue weighted by molar-refractivity contribution is 4.90. The van der Waals surface area contributed by atoms with Crippen LogP contribution in [0.1, 0.15) is 26.2 Å². The lowest BCUT2D eigenvalue weighted by atomic mass is 10.1. The van der Waals surface area contributed by atoms with E-state index in [1.807, 2.05) is 19.1 Å². The van der Waals surface area contributed by atoms with Crippen LogP contribution < -0.4 is 0 Å². The molecule has 1 aliphatic rings. The summed E-state index contributed by atoms with van der Waals surface area (Å²) >= 11 is 0. The van der Waals surface area contributed by atoms with Gasteiger partial charge in [-0.25, -0.2) is 0 Å². The molecule has 0 bridgehead atoms. The van der Waals surface area contributed by atoms with Crippen molar-refractivity contribution in [2.75, 3.05) is 13.2 Å². The Balaban J connectivity index is 2.54. The average Bonchev–Trinajstić information content (AvgIpc) is 2.17. The van der Waals surface area contributed by atoms with E-state index in [0.29, 0.717) is 0 Å². The van der Waals surface area contributed by atoms with Crippen LogP contribution >= 0.6 is 0 Å². The lowest BCUT2D eigenvalue weighted by molar-refractivity contribution is -0.262. The van der Waals surface area contributed by atoms with Crippen molar-refractivity contribution in [3.05, 3.63) is 24.8 Å². The van der Waals surface area contributed by atoms with Crippen molar-refractivity contribution in [2.24, 2.45) is 0 Å². The fourth-order valence-corrected chi connectivity index (χ4v) is 1.45. The molecular weight excluding hydrogens is 164 g/mol. The maximum Gasteiger partial charge on any atom is 0.175 e. The number of hydrogen-bond acceptors (Lipinski definition) is 2. The fraction of sp³-hybridized carbons (Fsp3) is 0.636. The number of hydrogen-bond donors (Lipinski definition) is 0. The van der Waals surface area contributed by atoms with Crippen molar-refractivity contribution in [2.45, 2.75) is 32.0 Å². The molecule has 0 spiro atoms. The van der Waals surface area contributed by atoms with E-state index in [-0.39, 0.29) is 0 Å². The summed E-state index contributed by atoms with van der Waals surface area (Å²) in [4.78, 5) is 0. The van der Waals surface area contributed by atoms with E-state index in [1.165, 1.54) is 0 Å². The molecule has 2 heteroatoms. The van der Waals surface area contributed by atoms with Gasteiger partial charge in [-0.05, 0) is 13.3 Å². The summed E-state index contributed by atoms with van der Waals surface area (Å²) in [6.07, 6.45) is 8.53. The molecule has 0 aliphatic carbocycles. The van der Waals surface area contributed by atoms with Gasteiger partial charge in [0.2, 0.25) is 0 Å². The summed E-state index contributed by atoms with van der Waals surface area (Å²) in [5, 5.41) is 0. The maximum atomic E-state index is 5.66. The van der Waals surface area contributed by atoms with Crippen molar-refractivity contribution in [1.82, 2.24) is 0 Å². The first-order chi connectivity index (χ1) is 6.33. The molecule has 0 N–H and O–H groups in total. The molecule has 0 amide bonds. The van der Waals surface area contributed by atoms with Crippen LogP contribution in [0.2, 0.25) is 0 Å². The average molecular weight is 182 g/mol. The first kappa shape index (κ1) is 10.5. The molecule has 13 heavy (non-hydrogen) atoms. The highest BCUT2D eigenvalue weighted by Gasteiger charge is 2.31. The summed E-state index contributed by atoms with van der Waals surface area (Å²) < 4.78 is 11.3. The second-order valence-electron chi connectivity index (χ2n) is 3.23. The van der Waals surface area contributed by atoms with Crippen molar-refractivity contribution < 1.29 is 9.47 Å². The quantitative estimate of drug-likeness (QED) is 0.622. The van der Waals surface area contributed by atoms with E-state index in [9.17, 15) is 0 Å². The Bertz CT molecular complexity index is 179. The van der Waals surface area contributed by atoms with Gasteiger partial charge in [0.15, 0.2) is 5.79 Å². The zero-order valence-corrected chi connectivity index (χ0v) is 8.29. The Hall–Kier alpha value is -0.600. The topological polar surface area (TPSA) is 18.5 Å². The lowest BCUT2D eigenvalue weighted by Crippen LogP contribution is -2.39. The standard InChI is InChI=1S/C11H18O2/c1-3-5-8-11(7-4-2)12-9-6-10-13-11/h3-5H,2,6-10H2,1H3. The monoisotopic (exact) mass is 182 g/mol. The van der Waals surface area contributed by atoms with Gasteiger partial charge in [-0.1, -0.05) is 18.2 Å². The van der Waals surface area contributed by atoms with Crippen molar-refractivity contribution in [1.29, 1.82) is 0 Å². The predicted molar refractivity (Wildman–Crippen MR) is 53.5 cm³/mol. The zero-order chi connectivity index (χ0) is 9.57. The van der Waals surface area contributed by atoms with Gasteiger partial charge in [-0.3, -0.25) is 0 Å². The van der Waals surface area contributed by atoms with Gasteiger partial charge < -0.3 is 9.47 Å². The molecule has 0 atom stereocenters. The highest BCUT2D eigenvalue weighted by atomic mass is 16.7. The second kappa shape index (κ2) is 5.20. The van der Waals surface area contributed by atoms with Crippen LogP contribution in [0.15, 0.2) is 24.8 Å². The molecule has 1 saturated heterocycles. The first-order valence-corrected chi connectivity index (χ1v) is 4.83. The maximum absolute atomic E-state index is 5.66. The molecular formula is C11H18O2. The van der Waals surface area contributed by atoms with Gasteiger partial charge in [0.1, 0.15) is 0 Å². The van der Waals surface area contributed by atoms with Crippen molar-refractivity contribution in [3.8, 4) is 0 Å². The first-order valence-electron chi connectivity index (χ1n) is 4.83. The molecule has 0 unspecified atom stereocenters. The van der Waals surface area contributed by atoms with Gasteiger partial charge in [0, 0.05) is 12.8 Å². The summed E-state index contributed by atoms with van der Waals surface area (Å²) in [6, 6.07) is 0. The van der Waals surface area contributed by atoms with Gasteiger partial charge in [-0.2, -0.15) is 0 Å². The third-order valence-electron chi connectivity index (χ3n) is 2.14. The van der Waals surface area contributed by atoms with E-state index in [4.69, 9.17) is 9.47 Å². The molecule has 0 aromatic carbocycles. The van der Waals surface area contributed by atoms with Crippen LogP contribution in [0, 0.1) is 0 Å². The minimum atomic E-state index is -0.424. The molecule has 0 aromatic rings. The van der Waals surface area contributed by atoms with E-state index in [2.05, 4.69) is 12.7 Å². The molecule has 0 radical (unpaired) electrons. The zero-order valence-electron chi connectivity index (χ0n) is 8.29. The molecule has 1 heterocycles. The smallest absolute Gasteiger partial charge is 0.175 e. The van der Waals surface area contributed by atoms with Crippen molar-refractivity contribution >= 4 is 0 Å². The molecule has 1 aliphatic heterocycles. The largest absolute Gasteiger partial charge is 0.349 e. The molecule has 1 rings (SSSR count). The third-order valence-corrected chi connectivity index (χ3v) is 2.14. The Morgan fingerprint density at radius 2 is 2.00 bits per heavy atom. The number of allylic oxidation sites excluding steroid dienone is 1. The fourth-order valence-electron chi connectivity index (χ4n) is 1.45. The van der Waals surface area contributed by atoms with E-state index >= 15 is 0 Å². The Kier molecular flexibility index (Phi) is 4.19. The van der Waals surface area contributed by atoms with Crippen LogP contribution in [-0.2, 0) is 9.47 Å². The number of rotatable bonds is 4. The van der Waals surface area contributed by atoms with Crippen LogP contribution in [0.25, 0.3) is 0 Å². The normalized spacial score (nSPS) is 21.9. The molecule has 74 valence electrons. The van der Waals surface area contributed by atoms with E-state index in [1.54, 1.807) is 0 Å². The van der Waals surface area contributed by atoms with Crippen molar-refractivity contribution in [3.63, 3.8) is 0 Å². The predicted octanol–water partition coefficient (Wildman–Crippen LogP) is 2.66. The molecule has 2 nitrogen and oxygen atoms in total. The Morgan fingerprint density at radius 3 is 2.54 bits per heavy atom. The minimum Gasteiger partial charge on any atom is -0.349 e. The van der Waals surface area contributed by atoms with Gasteiger partial charge in [-0.15, -0.1) is 6.58 Å². The van der Waals surface area contributed by atoms with Gasteiger partial charge >= 0.3 is 0 Å². The summed E-state index contributed by atoms with van der Waals surface area (Å²) in [5.74, 6) is -0.424. The van der Waals surface area contributed by atoms with E-state index in [0.717, 1.165) is 32.5 Å².